The molecule has 1 aliphatic rings. The van der Waals surface area contributed by atoms with E-state index in [9.17, 15) is 8.42 Å². The zero-order chi connectivity index (χ0) is 17.1. The SMILES string of the molecule is CC1C(N)CCN(C)C1(C)C.Cc1ccc(S(=O)(=O)O)cc1. The smallest absolute Gasteiger partial charge is 0.294 e. The fourth-order valence-corrected chi connectivity index (χ4v) is 2.94. The van der Waals surface area contributed by atoms with Gasteiger partial charge >= 0.3 is 0 Å². The fourth-order valence-electron chi connectivity index (χ4n) is 2.46. The first-order valence-electron chi connectivity index (χ1n) is 7.47. The Hall–Kier alpha value is -0.950. The van der Waals surface area contributed by atoms with Crippen LogP contribution in [0.4, 0.5) is 0 Å². The quantitative estimate of drug-likeness (QED) is 0.773. The third-order valence-electron chi connectivity index (χ3n) is 4.86. The van der Waals surface area contributed by atoms with Crippen molar-refractivity contribution in [3.63, 3.8) is 0 Å². The average molecular weight is 328 g/mol. The van der Waals surface area contributed by atoms with E-state index in [1.54, 1.807) is 12.1 Å². The Kier molecular flexibility index (Phi) is 6.15. The van der Waals surface area contributed by atoms with Gasteiger partial charge in [0, 0.05) is 11.6 Å². The molecule has 1 fully saturated rings. The van der Waals surface area contributed by atoms with Gasteiger partial charge in [0.2, 0.25) is 0 Å². The molecule has 0 spiro atoms. The molecule has 0 bridgehead atoms. The summed E-state index contributed by atoms with van der Waals surface area (Å²) in [4.78, 5) is 2.34. The minimum absolute atomic E-state index is 0.0666. The van der Waals surface area contributed by atoms with Gasteiger partial charge in [0.25, 0.3) is 10.1 Å². The fraction of sp³-hybridized carbons (Fsp3) is 0.625. The molecule has 1 aromatic carbocycles. The van der Waals surface area contributed by atoms with Crippen LogP contribution in [0.1, 0.15) is 32.8 Å². The maximum Gasteiger partial charge on any atom is 0.294 e. The van der Waals surface area contributed by atoms with Crippen molar-refractivity contribution in [2.75, 3.05) is 13.6 Å². The number of nitrogens with two attached hydrogens (primary N) is 1. The Labute approximate surface area is 134 Å². The van der Waals surface area contributed by atoms with Crippen molar-refractivity contribution in [1.82, 2.24) is 4.90 Å². The highest BCUT2D eigenvalue weighted by molar-refractivity contribution is 7.85. The topological polar surface area (TPSA) is 83.6 Å². The van der Waals surface area contributed by atoms with Crippen LogP contribution in [0.2, 0.25) is 0 Å². The molecule has 0 radical (unpaired) electrons. The molecule has 2 atom stereocenters. The summed E-state index contributed by atoms with van der Waals surface area (Å²) in [6, 6.07) is 6.38. The maximum atomic E-state index is 10.5. The van der Waals surface area contributed by atoms with Crippen molar-refractivity contribution >= 4 is 10.1 Å². The van der Waals surface area contributed by atoms with E-state index in [2.05, 4.69) is 32.7 Å². The molecule has 0 aromatic heterocycles. The van der Waals surface area contributed by atoms with Crippen LogP contribution in [-0.2, 0) is 10.1 Å². The third kappa shape index (κ3) is 4.78. The Balaban J connectivity index is 0.000000220. The van der Waals surface area contributed by atoms with E-state index in [0.717, 1.165) is 18.5 Å². The van der Waals surface area contributed by atoms with E-state index in [0.29, 0.717) is 12.0 Å². The van der Waals surface area contributed by atoms with E-state index in [4.69, 9.17) is 10.3 Å². The van der Waals surface area contributed by atoms with Crippen LogP contribution in [0.15, 0.2) is 29.2 Å². The summed E-state index contributed by atoms with van der Waals surface area (Å²) in [7, 11) is -1.84. The van der Waals surface area contributed by atoms with Gasteiger partial charge in [0.05, 0.1) is 4.90 Å². The van der Waals surface area contributed by atoms with Gasteiger partial charge < -0.3 is 10.6 Å². The summed E-state index contributed by atoms with van der Waals surface area (Å²) in [5, 5.41) is 0. The van der Waals surface area contributed by atoms with Crippen molar-refractivity contribution in [2.45, 2.75) is 50.6 Å². The van der Waals surface area contributed by atoms with E-state index in [1.807, 2.05) is 6.92 Å². The molecule has 2 rings (SSSR count). The molecule has 0 aliphatic carbocycles. The Morgan fingerprint density at radius 1 is 1.27 bits per heavy atom. The standard InChI is InChI=1S/C9H20N2.C7H8O3S/c1-7-8(10)5-6-11(4)9(7,2)3;1-6-2-4-7(5-3-6)11(8,9)10/h7-8H,5-6,10H2,1-4H3;2-5H,1H3,(H,8,9,10). The number of piperidine rings is 1. The van der Waals surface area contributed by atoms with Crippen LogP contribution in [0.3, 0.4) is 0 Å². The van der Waals surface area contributed by atoms with E-state index in [-0.39, 0.29) is 10.4 Å². The number of rotatable bonds is 1. The molecule has 1 aliphatic heterocycles. The second-order valence-electron chi connectivity index (χ2n) is 6.60. The molecule has 22 heavy (non-hydrogen) atoms. The minimum Gasteiger partial charge on any atom is -0.327 e. The van der Waals surface area contributed by atoms with Gasteiger partial charge in [0.1, 0.15) is 0 Å². The lowest BCUT2D eigenvalue weighted by atomic mass is 9.78. The number of hydrogen-bond donors (Lipinski definition) is 2. The van der Waals surface area contributed by atoms with Gasteiger partial charge in [0.15, 0.2) is 0 Å². The predicted octanol–water partition coefficient (Wildman–Crippen LogP) is 2.31. The molecule has 6 heteroatoms. The zero-order valence-electron chi connectivity index (χ0n) is 14.1. The largest absolute Gasteiger partial charge is 0.327 e. The summed E-state index contributed by atoms with van der Waals surface area (Å²) >= 11 is 0. The highest BCUT2D eigenvalue weighted by Crippen LogP contribution is 2.30. The lowest BCUT2D eigenvalue weighted by Gasteiger charge is -2.47. The highest BCUT2D eigenvalue weighted by atomic mass is 32.2. The Morgan fingerprint density at radius 2 is 1.77 bits per heavy atom. The summed E-state index contributed by atoms with van der Waals surface area (Å²) in [6.07, 6.45) is 1.14. The van der Waals surface area contributed by atoms with Crippen LogP contribution in [0.5, 0.6) is 0 Å². The zero-order valence-corrected chi connectivity index (χ0v) is 14.9. The van der Waals surface area contributed by atoms with Crippen LogP contribution >= 0.6 is 0 Å². The van der Waals surface area contributed by atoms with Crippen molar-refractivity contribution < 1.29 is 13.0 Å². The second kappa shape index (κ2) is 7.08. The number of hydrogen-bond acceptors (Lipinski definition) is 4. The normalized spacial score (nSPS) is 25.2. The summed E-state index contributed by atoms with van der Waals surface area (Å²) in [5.74, 6) is 0.598. The van der Waals surface area contributed by atoms with Gasteiger partial charge in [-0.25, -0.2) is 0 Å². The van der Waals surface area contributed by atoms with Crippen molar-refractivity contribution in [3.05, 3.63) is 29.8 Å². The molecule has 3 N–H and O–H groups in total. The monoisotopic (exact) mass is 328 g/mol. The van der Waals surface area contributed by atoms with E-state index >= 15 is 0 Å². The summed E-state index contributed by atoms with van der Waals surface area (Å²) in [5.41, 5.74) is 7.22. The van der Waals surface area contributed by atoms with Gasteiger partial charge in [-0.05, 0) is 58.8 Å². The number of nitrogens with zero attached hydrogens (tertiary/aromatic N) is 1. The van der Waals surface area contributed by atoms with Crippen molar-refractivity contribution in [1.29, 1.82) is 0 Å². The molecular weight excluding hydrogens is 300 g/mol. The molecule has 1 saturated heterocycles. The molecule has 1 heterocycles. The van der Waals surface area contributed by atoms with Crippen LogP contribution in [0, 0.1) is 12.8 Å². The molecule has 1 aromatic rings. The van der Waals surface area contributed by atoms with Gasteiger partial charge in [-0.3, -0.25) is 4.55 Å². The first-order valence-corrected chi connectivity index (χ1v) is 8.91. The Bertz CT molecular complexity index is 582. The van der Waals surface area contributed by atoms with Gasteiger partial charge in [-0.15, -0.1) is 0 Å². The summed E-state index contributed by atoms with van der Waals surface area (Å²) < 4.78 is 29.6. The first-order chi connectivity index (χ1) is 9.96. The predicted molar refractivity (Wildman–Crippen MR) is 89.5 cm³/mol. The third-order valence-corrected chi connectivity index (χ3v) is 5.72. The maximum absolute atomic E-state index is 10.5. The molecule has 2 unspecified atom stereocenters. The molecule has 0 saturated carbocycles. The lowest BCUT2D eigenvalue weighted by Crippen LogP contribution is -2.57. The Morgan fingerprint density at radius 3 is 2.18 bits per heavy atom. The average Bonchev–Trinajstić information content (AvgIpc) is 2.42. The molecule has 126 valence electrons. The highest BCUT2D eigenvalue weighted by Gasteiger charge is 2.37. The minimum atomic E-state index is -4.02. The molecule has 0 amide bonds. The molecular formula is C16H28N2O3S. The van der Waals surface area contributed by atoms with Crippen LogP contribution in [0.25, 0.3) is 0 Å². The second-order valence-corrected chi connectivity index (χ2v) is 8.03. The van der Waals surface area contributed by atoms with Crippen LogP contribution in [-0.4, -0.2) is 43.0 Å². The summed E-state index contributed by atoms with van der Waals surface area (Å²) in [6.45, 7) is 9.78. The van der Waals surface area contributed by atoms with Crippen LogP contribution < -0.4 is 5.73 Å². The number of likely N-dealkylation sites (tertiary alicyclic amines) is 1. The van der Waals surface area contributed by atoms with E-state index < -0.39 is 10.1 Å². The number of aryl methyl sites for hydroxylation is 1. The van der Waals surface area contributed by atoms with Crippen molar-refractivity contribution in [2.24, 2.45) is 11.7 Å². The van der Waals surface area contributed by atoms with E-state index in [1.165, 1.54) is 12.1 Å². The van der Waals surface area contributed by atoms with Gasteiger partial charge in [-0.2, -0.15) is 8.42 Å². The van der Waals surface area contributed by atoms with Gasteiger partial charge in [-0.1, -0.05) is 24.6 Å². The first kappa shape index (κ1) is 19.1. The lowest BCUT2D eigenvalue weighted by molar-refractivity contribution is 0.0407. The number of benzene rings is 1. The van der Waals surface area contributed by atoms with Crippen molar-refractivity contribution in [3.8, 4) is 0 Å². The molecule has 5 nitrogen and oxygen atoms in total.